The number of nitrogens with one attached hydrogen (secondary N) is 1. The van der Waals surface area contributed by atoms with E-state index < -0.39 is 0 Å². The molecule has 1 aromatic rings. The minimum absolute atomic E-state index is 0.254. The first-order chi connectivity index (χ1) is 8.60. The fraction of sp³-hybridized carbons (Fsp3) is 0.667. The van der Waals surface area contributed by atoms with Crippen molar-refractivity contribution in [1.82, 2.24) is 10.3 Å². The van der Waals surface area contributed by atoms with E-state index in [1.165, 1.54) is 12.0 Å². The molecule has 3 rings (SSSR count). The lowest BCUT2D eigenvalue weighted by molar-refractivity contribution is -0.113. The molecule has 3 unspecified atom stereocenters. The first-order valence-corrected chi connectivity index (χ1v) is 6.86. The van der Waals surface area contributed by atoms with E-state index in [1.54, 1.807) is 0 Å². The van der Waals surface area contributed by atoms with Gasteiger partial charge in [-0.1, -0.05) is 19.9 Å². The number of fused-ring (bicyclic) bond motifs is 1. The Labute approximate surface area is 109 Å². The molecule has 1 N–H and O–H groups in total. The molecule has 1 aliphatic heterocycles. The van der Waals surface area contributed by atoms with E-state index in [2.05, 4.69) is 37.1 Å². The predicted molar refractivity (Wildman–Crippen MR) is 71.2 cm³/mol. The normalized spacial score (nSPS) is 32.9. The van der Waals surface area contributed by atoms with Crippen molar-refractivity contribution in [3.05, 3.63) is 29.6 Å². The molecule has 0 radical (unpaired) electrons. The maximum Gasteiger partial charge on any atom is 0.0685 e. The van der Waals surface area contributed by atoms with Crippen molar-refractivity contribution >= 4 is 0 Å². The predicted octanol–water partition coefficient (Wildman–Crippen LogP) is 2.29. The first kappa shape index (κ1) is 12.1. The number of hydrogen-bond acceptors (Lipinski definition) is 3. The fourth-order valence-corrected chi connectivity index (χ4v) is 3.65. The van der Waals surface area contributed by atoms with E-state index in [-0.39, 0.29) is 5.41 Å². The van der Waals surface area contributed by atoms with Gasteiger partial charge in [0.15, 0.2) is 0 Å². The zero-order valence-electron chi connectivity index (χ0n) is 11.4. The highest BCUT2D eigenvalue weighted by atomic mass is 16.5. The summed E-state index contributed by atoms with van der Waals surface area (Å²) >= 11 is 0. The van der Waals surface area contributed by atoms with E-state index in [4.69, 9.17) is 4.74 Å². The van der Waals surface area contributed by atoms with Gasteiger partial charge >= 0.3 is 0 Å². The second-order valence-corrected chi connectivity index (χ2v) is 6.19. The molecule has 98 valence electrons. The number of hydrogen-bond donors (Lipinski definition) is 1. The molecule has 3 atom stereocenters. The average molecular weight is 246 g/mol. The summed E-state index contributed by atoms with van der Waals surface area (Å²) in [5, 5.41) is 3.70. The van der Waals surface area contributed by atoms with Crippen LogP contribution in [-0.4, -0.2) is 23.7 Å². The number of nitrogens with zero attached hydrogens (tertiary/aromatic N) is 1. The Morgan fingerprint density at radius 1 is 1.50 bits per heavy atom. The minimum Gasteiger partial charge on any atom is -0.377 e. The van der Waals surface area contributed by atoms with Crippen LogP contribution in [0.2, 0.25) is 0 Å². The van der Waals surface area contributed by atoms with Gasteiger partial charge in [-0.2, -0.15) is 0 Å². The average Bonchev–Trinajstić information content (AvgIpc) is 2.78. The van der Waals surface area contributed by atoms with Gasteiger partial charge in [-0.15, -0.1) is 0 Å². The van der Waals surface area contributed by atoms with E-state index in [0.29, 0.717) is 18.1 Å². The Morgan fingerprint density at radius 2 is 2.33 bits per heavy atom. The van der Waals surface area contributed by atoms with Crippen LogP contribution in [0, 0.1) is 18.3 Å². The highest BCUT2D eigenvalue weighted by Gasteiger charge is 2.58. The van der Waals surface area contributed by atoms with Gasteiger partial charge in [-0.25, -0.2) is 0 Å². The van der Waals surface area contributed by atoms with Crippen LogP contribution in [0.15, 0.2) is 18.3 Å². The molecule has 2 fully saturated rings. The maximum atomic E-state index is 5.82. The van der Waals surface area contributed by atoms with Crippen LogP contribution >= 0.6 is 0 Å². The third-order valence-electron chi connectivity index (χ3n) is 4.71. The molecular formula is C15H22N2O. The third-order valence-corrected chi connectivity index (χ3v) is 4.71. The summed E-state index contributed by atoms with van der Waals surface area (Å²) in [4.78, 5) is 4.45. The largest absolute Gasteiger partial charge is 0.377 e. The Balaban J connectivity index is 1.66. The summed E-state index contributed by atoms with van der Waals surface area (Å²) in [5.41, 5.74) is 2.68. The molecule has 1 aromatic heterocycles. The number of pyridine rings is 1. The maximum absolute atomic E-state index is 5.82. The van der Waals surface area contributed by atoms with Crippen LogP contribution in [0.4, 0.5) is 0 Å². The van der Waals surface area contributed by atoms with Crippen molar-refractivity contribution in [2.75, 3.05) is 6.61 Å². The molecule has 0 aromatic carbocycles. The molecule has 18 heavy (non-hydrogen) atoms. The SMILES string of the molecule is Cc1cccnc1CNC1C2CCOC2C1(C)C. The molecule has 2 heterocycles. The van der Waals surface area contributed by atoms with Crippen molar-refractivity contribution in [2.24, 2.45) is 11.3 Å². The molecule has 1 aliphatic carbocycles. The second-order valence-electron chi connectivity index (χ2n) is 6.19. The molecule has 3 nitrogen and oxygen atoms in total. The standard InChI is InChI=1S/C15H22N2O/c1-10-5-4-7-16-12(10)9-17-13-11-6-8-18-14(11)15(13,2)3/h4-5,7,11,13-14,17H,6,8-9H2,1-3H3. The lowest BCUT2D eigenvalue weighted by atomic mass is 9.57. The lowest BCUT2D eigenvalue weighted by Gasteiger charge is -2.55. The smallest absolute Gasteiger partial charge is 0.0685 e. The topological polar surface area (TPSA) is 34.2 Å². The van der Waals surface area contributed by atoms with Crippen LogP contribution in [0.25, 0.3) is 0 Å². The van der Waals surface area contributed by atoms with Gasteiger partial charge in [0.05, 0.1) is 11.8 Å². The number of aromatic nitrogens is 1. The van der Waals surface area contributed by atoms with Gasteiger partial charge in [0.1, 0.15) is 0 Å². The van der Waals surface area contributed by atoms with Crippen LogP contribution in [0.3, 0.4) is 0 Å². The summed E-state index contributed by atoms with van der Waals surface area (Å²) < 4.78 is 5.82. The van der Waals surface area contributed by atoms with Crippen LogP contribution in [-0.2, 0) is 11.3 Å². The van der Waals surface area contributed by atoms with Crippen molar-refractivity contribution < 1.29 is 4.74 Å². The van der Waals surface area contributed by atoms with E-state index in [0.717, 1.165) is 18.8 Å². The summed E-state index contributed by atoms with van der Waals surface area (Å²) in [5.74, 6) is 0.698. The quantitative estimate of drug-likeness (QED) is 0.888. The van der Waals surface area contributed by atoms with Crippen LogP contribution in [0.5, 0.6) is 0 Å². The monoisotopic (exact) mass is 246 g/mol. The Morgan fingerprint density at radius 3 is 3.11 bits per heavy atom. The van der Waals surface area contributed by atoms with Gasteiger partial charge in [-0.05, 0) is 25.0 Å². The zero-order valence-corrected chi connectivity index (χ0v) is 11.4. The van der Waals surface area contributed by atoms with Crippen molar-refractivity contribution in [3.8, 4) is 0 Å². The molecule has 2 aliphatic rings. The second kappa shape index (κ2) is 4.32. The summed E-state index contributed by atoms with van der Waals surface area (Å²) in [6.07, 6.45) is 3.53. The van der Waals surface area contributed by atoms with E-state index >= 15 is 0 Å². The molecule has 0 bridgehead atoms. The minimum atomic E-state index is 0.254. The highest BCUT2D eigenvalue weighted by Crippen LogP contribution is 2.52. The molecule has 0 spiro atoms. The molecular weight excluding hydrogens is 224 g/mol. The number of rotatable bonds is 3. The lowest BCUT2D eigenvalue weighted by Crippen LogP contribution is -2.65. The van der Waals surface area contributed by atoms with Crippen molar-refractivity contribution in [1.29, 1.82) is 0 Å². The Kier molecular flexibility index (Phi) is 2.91. The van der Waals surface area contributed by atoms with Gasteiger partial charge in [0.2, 0.25) is 0 Å². The van der Waals surface area contributed by atoms with Gasteiger partial charge in [0.25, 0.3) is 0 Å². The van der Waals surface area contributed by atoms with Gasteiger partial charge in [-0.3, -0.25) is 4.98 Å². The number of ether oxygens (including phenoxy) is 1. The molecule has 1 saturated carbocycles. The summed E-state index contributed by atoms with van der Waals surface area (Å²) in [6.45, 7) is 8.53. The first-order valence-electron chi connectivity index (χ1n) is 6.86. The number of aryl methyl sites for hydroxylation is 1. The Bertz CT molecular complexity index is 444. The van der Waals surface area contributed by atoms with Crippen LogP contribution < -0.4 is 5.32 Å². The molecule has 0 amide bonds. The van der Waals surface area contributed by atoms with E-state index in [1.807, 2.05) is 12.3 Å². The van der Waals surface area contributed by atoms with Crippen molar-refractivity contribution in [2.45, 2.75) is 45.9 Å². The van der Waals surface area contributed by atoms with Crippen molar-refractivity contribution in [3.63, 3.8) is 0 Å². The molecule has 1 saturated heterocycles. The molecule has 3 heteroatoms. The van der Waals surface area contributed by atoms with Gasteiger partial charge in [0, 0.05) is 36.7 Å². The zero-order chi connectivity index (χ0) is 12.8. The highest BCUT2D eigenvalue weighted by molar-refractivity contribution is 5.18. The Hall–Kier alpha value is -0.930. The third kappa shape index (κ3) is 1.77. The fourth-order valence-electron chi connectivity index (χ4n) is 3.65. The van der Waals surface area contributed by atoms with Crippen LogP contribution in [0.1, 0.15) is 31.5 Å². The summed E-state index contributed by atoms with van der Waals surface area (Å²) in [6, 6.07) is 4.68. The summed E-state index contributed by atoms with van der Waals surface area (Å²) in [7, 11) is 0. The van der Waals surface area contributed by atoms with E-state index in [9.17, 15) is 0 Å². The van der Waals surface area contributed by atoms with Gasteiger partial charge < -0.3 is 10.1 Å².